The summed E-state index contributed by atoms with van der Waals surface area (Å²) in [6, 6.07) is 16.2. The second kappa shape index (κ2) is 12.8. The first-order valence-corrected chi connectivity index (χ1v) is 14.5. The highest BCUT2D eigenvalue weighted by molar-refractivity contribution is 5.95. The zero-order valence-corrected chi connectivity index (χ0v) is 24.9. The van der Waals surface area contributed by atoms with Gasteiger partial charge in [-0.05, 0) is 36.6 Å². The summed E-state index contributed by atoms with van der Waals surface area (Å²) in [5, 5.41) is 14.0. The van der Waals surface area contributed by atoms with Gasteiger partial charge in [0.15, 0.2) is 11.6 Å². The number of anilines is 1. The van der Waals surface area contributed by atoms with E-state index >= 15 is 4.39 Å². The number of benzene rings is 2. The maximum Gasteiger partial charge on any atom is 0.341 e. The number of nitrogens with zero attached hydrogens (tertiary/aromatic N) is 5. The number of hydrogen-bond donors (Lipinski definition) is 1. The molecule has 4 aromatic rings. The fraction of sp³-hybridized carbons (Fsp3) is 0.303. The van der Waals surface area contributed by atoms with Crippen LogP contribution in [-0.4, -0.2) is 66.4 Å². The van der Waals surface area contributed by atoms with E-state index in [2.05, 4.69) is 15.1 Å². The van der Waals surface area contributed by atoms with Crippen LogP contribution in [-0.2, 0) is 11.4 Å². The van der Waals surface area contributed by atoms with E-state index in [1.54, 1.807) is 36.0 Å². The number of aromatic nitrogens is 2. The van der Waals surface area contributed by atoms with Crippen LogP contribution in [0.15, 0.2) is 75.7 Å². The minimum absolute atomic E-state index is 0.0103. The standard InChI is InChI=1S/C33H32FN5O6/c1-43-24-11-8-21(29(12-24)44-2)19-45-37-28-18-38(16-22(28)15-35-14-20-6-4-3-5-7-20)32-27(34)13-25-30(40)26(33(41)42)17-39(23-9-10-23)31(25)36-32/h3-8,11-14,17,22-23H,9-10,15-16,18-19H2,1-2H3,(H,41,42)/b35-14?,37-28+. The molecule has 2 aromatic carbocycles. The third-order valence-electron chi connectivity index (χ3n) is 7.94. The summed E-state index contributed by atoms with van der Waals surface area (Å²) < 4.78 is 28.1. The first-order chi connectivity index (χ1) is 21.9. The lowest BCUT2D eigenvalue weighted by Crippen LogP contribution is -2.25. The minimum Gasteiger partial charge on any atom is -0.497 e. The highest BCUT2D eigenvalue weighted by Crippen LogP contribution is 2.37. The smallest absolute Gasteiger partial charge is 0.341 e. The van der Waals surface area contributed by atoms with Crippen LogP contribution in [0.2, 0.25) is 0 Å². The van der Waals surface area contributed by atoms with Crippen molar-refractivity contribution in [1.82, 2.24) is 9.55 Å². The van der Waals surface area contributed by atoms with Gasteiger partial charge in [0.05, 0.1) is 31.9 Å². The van der Waals surface area contributed by atoms with Crippen molar-refractivity contribution >= 4 is 34.7 Å². The number of hydrogen-bond acceptors (Lipinski definition) is 9. The molecule has 1 aliphatic heterocycles. The highest BCUT2D eigenvalue weighted by atomic mass is 19.1. The van der Waals surface area contributed by atoms with E-state index in [0.29, 0.717) is 30.3 Å². The molecule has 2 aliphatic rings. The van der Waals surface area contributed by atoms with Gasteiger partial charge in [0.25, 0.3) is 0 Å². The fourth-order valence-corrected chi connectivity index (χ4v) is 5.41. The van der Waals surface area contributed by atoms with Crippen LogP contribution < -0.4 is 19.8 Å². The van der Waals surface area contributed by atoms with Crippen LogP contribution in [0.4, 0.5) is 10.2 Å². The van der Waals surface area contributed by atoms with E-state index < -0.39 is 22.8 Å². The Balaban J connectivity index is 1.30. The molecule has 0 radical (unpaired) electrons. The normalized spacial score (nSPS) is 17.4. The first kappa shape index (κ1) is 29.8. The van der Waals surface area contributed by atoms with E-state index in [4.69, 9.17) is 14.3 Å². The molecule has 1 saturated carbocycles. The van der Waals surface area contributed by atoms with Gasteiger partial charge in [0, 0.05) is 49.1 Å². The van der Waals surface area contributed by atoms with Gasteiger partial charge in [0.2, 0.25) is 5.43 Å². The SMILES string of the molecule is COc1ccc(CO/N=C2\CN(c3nc4c(cc3F)c(=O)c(C(=O)O)cn4C3CC3)CC2CN=Cc2ccccc2)c(OC)c1. The number of methoxy groups -OCH3 is 2. The minimum atomic E-state index is -1.35. The topological polar surface area (TPSA) is 128 Å². The number of aromatic carboxylic acids is 1. The summed E-state index contributed by atoms with van der Waals surface area (Å²) in [4.78, 5) is 41.4. The van der Waals surface area contributed by atoms with Crippen molar-refractivity contribution < 1.29 is 28.6 Å². The van der Waals surface area contributed by atoms with Crippen molar-refractivity contribution in [2.75, 3.05) is 38.8 Å². The quantitative estimate of drug-likeness (QED) is 0.190. The van der Waals surface area contributed by atoms with Gasteiger partial charge >= 0.3 is 5.97 Å². The van der Waals surface area contributed by atoms with E-state index in [1.807, 2.05) is 42.5 Å². The predicted molar refractivity (Wildman–Crippen MR) is 168 cm³/mol. The second-order valence-electron chi connectivity index (χ2n) is 11.0. The number of pyridine rings is 2. The number of carboxylic acids is 1. The van der Waals surface area contributed by atoms with Gasteiger partial charge in [-0.1, -0.05) is 35.5 Å². The average Bonchev–Trinajstić information content (AvgIpc) is 3.82. The molecule has 11 nitrogen and oxygen atoms in total. The Bertz CT molecular complexity index is 1850. The zero-order chi connectivity index (χ0) is 31.5. The third-order valence-corrected chi connectivity index (χ3v) is 7.94. The Morgan fingerprint density at radius 3 is 2.64 bits per heavy atom. The molecule has 0 bridgehead atoms. The number of carbonyl (C=O) groups is 1. The summed E-state index contributed by atoms with van der Waals surface area (Å²) in [6.07, 6.45) is 4.75. The number of fused-ring (bicyclic) bond motifs is 1. The molecule has 2 aromatic heterocycles. The summed E-state index contributed by atoms with van der Waals surface area (Å²) in [6.45, 7) is 1.10. The lowest BCUT2D eigenvalue weighted by Gasteiger charge is -2.19. The van der Waals surface area contributed by atoms with Crippen molar-refractivity contribution in [1.29, 1.82) is 0 Å². The third kappa shape index (κ3) is 6.35. The zero-order valence-electron chi connectivity index (χ0n) is 24.9. The monoisotopic (exact) mass is 613 g/mol. The number of rotatable bonds is 11. The largest absolute Gasteiger partial charge is 0.497 e. The van der Waals surface area contributed by atoms with Gasteiger partial charge in [-0.3, -0.25) is 9.79 Å². The Morgan fingerprint density at radius 2 is 1.93 bits per heavy atom. The highest BCUT2D eigenvalue weighted by Gasteiger charge is 2.34. The Labute approximate surface area is 258 Å². The van der Waals surface area contributed by atoms with Crippen molar-refractivity contribution in [2.24, 2.45) is 16.1 Å². The molecule has 1 unspecified atom stereocenters. The molecule has 1 N–H and O–H groups in total. The molecular formula is C33H32FN5O6. The number of halogens is 1. The summed E-state index contributed by atoms with van der Waals surface area (Å²) in [7, 11) is 3.14. The molecule has 45 heavy (non-hydrogen) atoms. The van der Waals surface area contributed by atoms with Crippen LogP contribution in [0, 0.1) is 11.7 Å². The van der Waals surface area contributed by atoms with E-state index in [9.17, 15) is 14.7 Å². The lowest BCUT2D eigenvalue weighted by atomic mass is 10.1. The molecule has 0 amide bonds. The maximum atomic E-state index is 15.7. The number of oxime groups is 1. The van der Waals surface area contributed by atoms with Crippen molar-refractivity contribution in [3.63, 3.8) is 0 Å². The molecule has 1 saturated heterocycles. The molecule has 0 spiro atoms. The molecule has 6 rings (SSSR count). The number of carboxylic acid groups (broad SMARTS) is 1. The average molecular weight is 614 g/mol. The van der Waals surface area contributed by atoms with Gasteiger partial charge in [0.1, 0.15) is 29.3 Å². The molecule has 232 valence electrons. The molecular weight excluding hydrogens is 581 g/mol. The summed E-state index contributed by atoms with van der Waals surface area (Å²) in [5.41, 5.74) is 1.49. The number of aliphatic imine (C=N–C) groups is 1. The predicted octanol–water partition coefficient (Wildman–Crippen LogP) is 4.71. The van der Waals surface area contributed by atoms with Gasteiger partial charge in [-0.2, -0.15) is 0 Å². The van der Waals surface area contributed by atoms with Crippen LogP contribution >= 0.6 is 0 Å². The molecule has 3 heterocycles. The Kier molecular flexibility index (Phi) is 8.45. The Hall–Kier alpha value is -5.26. The first-order valence-electron chi connectivity index (χ1n) is 14.5. The molecule has 1 aliphatic carbocycles. The van der Waals surface area contributed by atoms with Crippen LogP contribution in [0.3, 0.4) is 0 Å². The maximum absolute atomic E-state index is 15.7. The van der Waals surface area contributed by atoms with Crippen molar-refractivity contribution in [3.05, 3.63) is 93.5 Å². The van der Waals surface area contributed by atoms with Crippen LogP contribution in [0.5, 0.6) is 11.5 Å². The lowest BCUT2D eigenvalue weighted by molar-refractivity contribution is 0.0694. The van der Waals surface area contributed by atoms with Gasteiger partial charge in [-0.15, -0.1) is 0 Å². The fourth-order valence-electron chi connectivity index (χ4n) is 5.41. The van der Waals surface area contributed by atoms with Crippen LogP contribution in [0.25, 0.3) is 11.0 Å². The van der Waals surface area contributed by atoms with E-state index in [-0.39, 0.29) is 42.0 Å². The van der Waals surface area contributed by atoms with Crippen molar-refractivity contribution in [2.45, 2.75) is 25.5 Å². The molecule has 12 heteroatoms. The van der Waals surface area contributed by atoms with Crippen LogP contribution in [0.1, 0.15) is 40.4 Å². The Morgan fingerprint density at radius 1 is 1.13 bits per heavy atom. The summed E-state index contributed by atoms with van der Waals surface area (Å²) in [5.74, 6) is -0.978. The summed E-state index contributed by atoms with van der Waals surface area (Å²) >= 11 is 0. The van der Waals surface area contributed by atoms with E-state index in [1.165, 1.54) is 6.20 Å². The second-order valence-corrected chi connectivity index (χ2v) is 11.0. The van der Waals surface area contributed by atoms with E-state index in [0.717, 1.165) is 30.0 Å². The van der Waals surface area contributed by atoms with Crippen molar-refractivity contribution in [3.8, 4) is 11.5 Å². The molecule has 1 atom stereocenters. The molecule has 2 fully saturated rings. The van der Waals surface area contributed by atoms with Gasteiger partial charge < -0.3 is 28.9 Å². The van der Waals surface area contributed by atoms with Gasteiger partial charge in [-0.25, -0.2) is 14.2 Å². The number of ether oxygens (including phenoxy) is 2.